The van der Waals surface area contributed by atoms with Gasteiger partial charge in [0.25, 0.3) is 5.91 Å². The number of nitrogen functional groups attached to an aromatic ring is 1. The number of hydrogen-bond acceptors (Lipinski definition) is 5. The summed E-state index contributed by atoms with van der Waals surface area (Å²) in [6, 6.07) is 0.330. The van der Waals surface area contributed by atoms with E-state index < -0.39 is 0 Å². The van der Waals surface area contributed by atoms with Crippen molar-refractivity contribution < 1.29 is 4.79 Å². The van der Waals surface area contributed by atoms with Crippen molar-refractivity contribution in [3.05, 3.63) is 18.1 Å². The van der Waals surface area contributed by atoms with Crippen LogP contribution in [0.4, 0.5) is 5.82 Å². The Morgan fingerprint density at radius 3 is 2.71 bits per heavy atom. The van der Waals surface area contributed by atoms with Crippen molar-refractivity contribution in [3.63, 3.8) is 0 Å². The van der Waals surface area contributed by atoms with Crippen molar-refractivity contribution in [1.82, 2.24) is 15.3 Å². The summed E-state index contributed by atoms with van der Waals surface area (Å²) >= 11 is 0. The highest BCUT2D eigenvalue weighted by molar-refractivity contribution is 5.92. The Kier molecular flexibility index (Phi) is 2.28. The molecule has 1 amide bonds. The highest BCUT2D eigenvalue weighted by atomic mass is 16.2. The molecule has 6 nitrogen and oxygen atoms in total. The molecule has 1 aliphatic carbocycles. The highest BCUT2D eigenvalue weighted by Crippen LogP contribution is 2.18. The number of nitrogens with zero attached hydrogens (tertiary/aromatic N) is 2. The summed E-state index contributed by atoms with van der Waals surface area (Å²) in [4.78, 5) is 19.2. The second-order valence-corrected chi connectivity index (χ2v) is 3.18. The molecule has 1 aromatic heterocycles. The molecule has 1 aliphatic rings. The predicted octanol–water partition coefficient (Wildman–Crippen LogP) is -0.346. The van der Waals surface area contributed by atoms with Crippen LogP contribution in [0.25, 0.3) is 0 Å². The van der Waals surface area contributed by atoms with Crippen molar-refractivity contribution in [2.24, 2.45) is 5.84 Å². The zero-order valence-electron chi connectivity index (χ0n) is 7.53. The Labute approximate surface area is 80.9 Å². The first-order valence-electron chi connectivity index (χ1n) is 4.39. The third kappa shape index (κ3) is 1.97. The van der Waals surface area contributed by atoms with Crippen LogP contribution in [-0.2, 0) is 0 Å². The Hall–Kier alpha value is -1.69. The average molecular weight is 193 g/mol. The number of carbonyl (C=O) groups is 1. The number of rotatable bonds is 3. The van der Waals surface area contributed by atoms with Crippen molar-refractivity contribution in [3.8, 4) is 0 Å². The van der Waals surface area contributed by atoms with E-state index in [1.807, 2.05) is 0 Å². The van der Waals surface area contributed by atoms with Crippen LogP contribution in [0, 0.1) is 0 Å². The van der Waals surface area contributed by atoms with Gasteiger partial charge < -0.3 is 10.7 Å². The van der Waals surface area contributed by atoms with Crippen LogP contribution in [0.3, 0.4) is 0 Å². The van der Waals surface area contributed by atoms with Gasteiger partial charge in [0.2, 0.25) is 0 Å². The smallest absolute Gasteiger partial charge is 0.271 e. The van der Waals surface area contributed by atoms with Crippen molar-refractivity contribution in [2.75, 3.05) is 5.43 Å². The van der Waals surface area contributed by atoms with Gasteiger partial charge in [0.05, 0.1) is 12.4 Å². The van der Waals surface area contributed by atoms with E-state index in [1.165, 1.54) is 12.4 Å². The SMILES string of the molecule is NNc1cnc(C(=O)NC2CC2)cn1. The van der Waals surface area contributed by atoms with E-state index in [1.54, 1.807) is 0 Å². The fourth-order valence-electron chi connectivity index (χ4n) is 1.01. The molecule has 0 aromatic carbocycles. The van der Waals surface area contributed by atoms with Crippen LogP contribution >= 0.6 is 0 Å². The van der Waals surface area contributed by atoms with E-state index in [2.05, 4.69) is 20.7 Å². The van der Waals surface area contributed by atoms with E-state index in [0.29, 0.717) is 17.6 Å². The van der Waals surface area contributed by atoms with Gasteiger partial charge in [0, 0.05) is 6.04 Å². The number of anilines is 1. The first kappa shape index (κ1) is 8.89. The summed E-state index contributed by atoms with van der Waals surface area (Å²) in [6.07, 6.45) is 4.93. The lowest BCUT2D eigenvalue weighted by molar-refractivity contribution is 0.0945. The van der Waals surface area contributed by atoms with Crippen molar-refractivity contribution >= 4 is 11.7 Å². The first-order valence-corrected chi connectivity index (χ1v) is 4.39. The van der Waals surface area contributed by atoms with Gasteiger partial charge in [-0.3, -0.25) is 4.79 Å². The molecule has 1 saturated carbocycles. The number of nitrogens with one attached hydrogen (secondary N) is 2. The Bertz CT molecular complexity index is 332. The molecule has 0 radical (unpaired) electrons. The minimum atomic E-state index is -0.177. The van der Waals surface area contributed by atoms with Gasteiger partial charge in [0.15, 0.2) is 5.82 Å². The maximum absolute atomic E-state index is 11.4. The van der Waals surface area contributed by atoms with E-state index in [4.69, 9.17) is 5.84 Å². The lowest BCUT2D eigenvalue weighted by atomic mass is 10.4. The molecule has 0 unspecified atom stereocenters. The molecule has 1 heterocycles. The molecule has 0 saturated heterocycles. The van der Waals surface area contributed by atoms with E-state index >= 15 is 0 Å². The molecule has 1 fully saturated rings. The van der Waals surface area contributed by atoms with Gasteiger partial charge in [-0.1, -0.05) is 0 Å². The standard InChI is InChI=1S/C8H11N5O/c9-13-7-4-10-6(3-11-7)8(14)12-5-1-2-5/h3-5H,1-2,9H2,(H,11,13)(H,12,14). The van der Waals surface area contributed by atoms with Crippen LogP contribution < -0.4 is 16.6 Å². The zero-order chi connectivity index (χ0) is 9.97. The monoisotopic (exact) mass is 193 g/mol. The predicted molar refractivity (Wildman–Crippen MR) is 50.3 cm³/mol. The molecule has 0 atom stereocenters. The molecular weight excluding hydrogens is 182 g/mol. The largest absolute Gasteiger partial charge is 0.348 e. The molecule has 1 aromatic rings. The topological polar surface area (TPSA) is 92.9 Å². The maximum Gasteiger partial charge on any atom is 0.271 e. The van der Waals surface area contributed by atoms with Crippen LogP contribution in [0.15, 0.2) is 12.4 Å². The van der Waals surface area contributed by atoms with Crippen molar-refractivity contribution in [1.29, 1.82) is 0 Å². The number of carbonyl (C=O) groups excluding carboxylic acids is 1. The maximum atomic E-state index is 11.4. The molecule has 0 aliphatic heterocycles. The summed E-state index contributed by atoms with van der Waals surface area (Å²) in [7, 11) is 0. The van der Waals surface area contributed by atoms with Gasteiger partial charge in [-0.25, -0.2) is 15.8 Å². The van der Waals surface area contributed by atoms with E-state index in [-0.39, 0.29) is 5.91 Å². The van der Waals surface area contributed by atoms with Gasteiger partial charge in [0.1, 0.15) is 5.69 Å². The van der Waals surface area contributed by atoms with E-state index in [9.17, 15) is 4.79 Å². The second kappa shape index (κ2) is 3.59. The van der Waals surface area contributed by atoms with Crippen LogP contribution in [0.2, 0.25) is 0 Å². The Morgan fingerprint density at radius 2 is 2.21 bits per heavy atom. The molecule has 4 N–H and O–H groups in total. The van der Waals surface area contributed by atoms with Gasteiger partial charge >= 0.3 is 0 Å². The third-order valence-corrected chi connectivity index (χ3v) is 1.94. The van der Waals surface area contributed by atoms with Gasteiger partial charge in [-0.05, 0) is 12.8 Å². The molecule has 14 heavy (non-hydrogen) atoms. The summed E-state index contributed by atoms with van der Waals surface area (Å²) in [5.74, 6) is 5.37. The lowest BCUT2D eigenvalue weighted by Crippen LogP contribution is -2.26. The number of nitrogens with two attached hydrogens (primary N) is 1. The molecule has 0 bridgehead atoms. The quantitative estimate of drug-likeness (QED) is 0.451. The Morgan fingerprint density at radius 1 is 1.43 bits per heavy atom. The number of hydrazine groups is 1. The van der Waals surface area contributed by atoms with Crippen molar-refractivity contribution in [2.45, 2.75) is 18.9 Å². The molecule has 6 heteroatoms. The molecule has 0 spiro atoms. The van der Waals surface area contributed by atoms with Crippen LogP contribution in [0.5, 0.6) is 0 Å². The van der Waals surface area contributed by atoms with Crippen LogP contribution in [-0.4, -0.2) is 21.9 Å². The summed E-state index contributed by atoms with van der Waals surface area (Å²) in [6.45, 7) is 0. The van der Waals surface area contributed by atoms with Gasteiger partial charge in [-0.2, -0.15) is 0 Å². The number of amides is 1. The van der Waals surface area contributed by atoms with E-state index in [0.717, 1.165) is 12.8 Å². The average Bonchev–Trinajstić information content (AvgIpc) is 3.02. The molecule has 2 rings (SSSR count). The molecular formula is C8H11N5O. The third-order valence-electron chi connectivity index (χ3n) is 1.94. The minimum absolute atomic E-state index is 0.177. The normalized spacial score (nSPS) is 14.9. The number of hydrogen-bond donors (Lipinski definition) is 3. The second-order valence-electron chi connectivity index (χ2n) is 3.18. The Balaban J connectivity index is 2.03. The summed E-state index contributed by atoms with van der Waals surface area (Å²) < 4.78 is 0. The fourth-order valence-corrected chi connectivity index (χ4v) is 1.01. The lowest BCUT2D eigenvalue weighted by Gasteiger charge is -2.02. The minimum Gasteiger partial charge on any atom is -0.348 e. The summed E-state index contributed by atoms with van der Waals surface area (Å²) in [5.41, 5.74) is 2.66. The first-order chi connectivity index (χ1) is 6.79. The number of aromatic nitrogens is 2. The zero-order valence-corrected chi connectivity index (χ0v) is 7.53. The highest BCUT2D eigenvalue weighted by Gasteiger charge is 2.24. The molecule has 74 valence electrons. The van der Waals surface area contributed by atoms with Gasteiger partial charge in [-0.15, -0.1) is 0 Å². The van der Waals surface area contributed by atoms with Crippen LogP contribution in [0.1, 0.15) is 23.3 Å². The fraction of sp³-hybridized carbons (Fsp3) is 0.375. The summed E-state index contributed by atoms with van der Waals surface area (Å²) in [5, 5.41) is 2.81.